The van der Waals surface area contributed by atoms with Gasteiger partial charge in [-0.3, -0.25) is 4.79 Å². The third kappa shape index (κ3) is 3.36. The fraction of sp³-hybridized carbons (Fsp3) is 0.667. The maximum atomic E-state index is 11.5. The van der Waals surface area contributed by atoms with Crippen LogP contribution in [-0.2, 0) is 19.1 Å². The van der Waals surface area contributed by atoms with Gasteiger partial charge in [0.25, 0.3) is 0 Å². The predicted molar refractivity (Wildman–Crippen MR) is 58.8 cm³/mol. The van der Waals surface area contributed by atoms with E-state index in [1.54, 1.807) is 6.92 Å². The van der Waals surface area contributed by atoms with E-state index in [4.69, 9.17) is 9.47 Å². The Morgan fingerprint density at radius 2 is 1.94 bits per heavy atom. The van der Waals surface area contributed by atoms with Gasteiger partial charge in [0.1, 0.15) is 0 Å². The summed E-state index contributed by atoms with van der Waals surface area (Å²) >= 11 is 0. The number of hydrogen-bond donors (Lipinski definition) is 0. The first-order chi connectivity index (χ1) is 7.69. The molecular weight excluding hydrogens is 208 g/mol. The summed E-state index contributed by atoms with van der Waals surface area (Å²) in [6, 6.07) is 0. The van der Waals surface area contributed by atoms with Crippen LogP contribution in [0.1, 0.15) is 39.0 Å². The normalized spacial score (nSPS) is 15.9. The van der Waals surface area contributed by atoms with Crippen molar-refractivity contribution in [1.29, 1.82) is 0 Å². The lowest BCUT2D eigenvalue weighted by Crippen LogP contribution is -2.15. The van der Waals surface area contributed by atoms with Gasteiger partial charge in [0, 0.05) is 5.57 Å². The van der Waals surface area contributed by atoms with Crippen LogP contribution in [-0.4, -0.2) is 25.7 Å². The van der Waals surface area contributed by atoms with Crippen molar-refractivity contribution >= 4 is 11.9 Å². The van der Waals surface area contributed by atoms with Gasteiger partial charge in [-0.1, -0.05) is 0 Å². The molecule has 0 unspecified atom stereocenters. The van der Waals surface area contributed by atoms with Crippen LogP contribution in [0.2, 0.25) is 0 Å². The molecule has 4 heteroatoms. The topological polar surface area (TPSA) is 52.6 Å². The zero-order chi connectivity index (χ0) is 12.0. The predicted octanol–water partition coefficient (Wildman–Crippen LogP) is 1.98. The number of methoxy groups -OCH3 is 1. The lowest BCUT2D eigenvalue weighted by Gasteiger charge is -2.18. The summed E-state index contributed by atoms with van der Waals surface area (Å²) in [5.41, 5.74) is 1.55. The minimum Gasteiger partial charge on any atom is -0.466 e. The van der Waals surface area contributed by atoms with Gasteiger partial charge in [-0.15, -0.1) is 0 Å². The molecule has 0 radical (unpaired) electrons. The number of hydrogen-bond acceptors (Lipinski definition) is 4. The summed E-state index contributed by atoms with van der Waals surface area (Å²) in [5.74, 6) is -0.570. The maximum Gasteiger partial charge on any atom is 0.333 e. The van der Waals surface area contributed by atoms with E-state index in [-0.39, 0.29) is 18.4 Å². The van der Waals surface area contributed by atoms with Crippen LogP contribution in [0.25, 0.3) is 0 Å². The van der Waals surface area contributed by atoms with Crippen molar-refractivity contribution in [2.45, 2.75) is 39.0 Å². The highest BCUT2D eigenvalue weighted by Crippen LogP contribution is 2.28. The summed E-state index contributed by atoms with van der Waals surface area (Å²) in [7, 11) is 1.37. The fourth-order valence-electron chi connectivity index (χ4n) is 1.92. The molecule has 0 amide bonds. The first-order valence-corrected chi connectivity index (χ1v) is 5.63. The molecule has 90 valence electrons. The zero-order valence-corrected chi connectivity index (χ0v) is 9.88. The Morgan fingerprint density at radius 1 is 1.25 bits per heavy atom. The number of carbonyl (C=O) groups excluding carboxylic acids is 2. The Bertz CT molecular complexity index is 304. The highest BCUT2D eigenvalue weighted by molar-refractivity contribution is 5.90. The van der Waals surface area contributed by atoms with Crippen molar-refractivity contribution in [2.75, 3.05) is 13.7 Å². The van der Waals surface area contributed by atoms with Crippen molar-refractivity contribution in [2.24, 2.45) is 0 Å². The van der Waals surface area contributed by atoms with Crippen molar-refractivity contribution in [3.8, 4) is 0 Å². The standard InChI is InChI=1S/C12H18O4/c1-3-16-11(13)8-9-6-4-5-7-10(9)12(14)15-2/h3-8H2,1-2H3. The van der Waals surface area contributed by atoms with E-state index in [9.17, 15) is 9.59 Å². The van der Waals surface area contributed by atoms with Gasteiger partial charge in [-0.05, 0) is 38.2 Å². The molecule has 0 fully saturated rings. The van der Waals surface area contributed by atoms with Gasteiger partial charge in [-0.2, -0.15) is 0 Å². The van der Waals surface area contributed by atoms with Crippen LogP contribution in [0.5, 0.6) is 0 Å². The molecule has 0 N–H and O–H groups in total. The van der Waals surface area contributed by atoms with Gasteiger partial charge in [0.05, 0.1) is 20.1 Å². The average molecular weight is 226 g/mol. The summed E-state index contributed by atoms with van der Waals surface area (Å²) in [4.78, 5) is 22.8. The molecule has 0 spiro atoms. The molecule has 0 saturated heterocycles. The van der Waals surface area contributed by atoms with Crippen LogP contribution in [0.4, 0.5) is 0 Å². The molecule has 0 heterocycles. The van der Waals surface area contributed by atoms with Crippen molar-refractivity contribution in [3.63, 3.8) is 0 Å². The molecule has 0 saturated carbocycles. The van der Waals surface area contributed by atoms with Crippen molar-refractivity contribution < 1.29 is 19.1 Å². The Hall–Kier alpha value is -1.32. The molecule has 0 aromatic heterocycles. The van der Waals surface area contributed by atoms with Gasteiger partial charge < -0.3 is 9.47 Å². The Morgan fingerprint density at radius 3 is 2.56 bits per heavy atom. The van der Waals surface area contributed by atoms with E-state index in [2.05, 4.69) is 0 Å². The molecule has 0 atom stereocenters. The van der Waals surface area contributed by atoms with E-state index < -0.39 is 0 Å². The summed E-state index contributed by atoms with van der Waals surface area (Å²) in [5, 5.41) is 0. The Kier molecular flexibility index (Phi) is 5.02. The van der Waals surface area contributed by atoms with E-state index in [0.717, 1.165) is 24.8 Å². The molecule has 1 rings (SSSR count). The third-order valence-corrected chi connectivity index (χ3v) is 2.68. The third-order valence-electron chi connectivity index (χ3n) is 2.68. The fourth-order valence-corrected chi connectivity index (χ4v) is 1.92. The summed E-state index contributed by atoms with van der Waals surface area (Å²) in [6.07, 6.45) is 3.73. The molecule has 0 aliphatic heterocycles. The Balaban J connectivity index is 2.74. The number of ether oxygens (including phenoxy) is 2. The van der Waals surface area contributed by atoms with E-state index in [1.807, 2.05) is 0 Å². The second-order valence-electron chi connectivity index (χ2n) is 3.76. The smallest absolute Gasteiger partial charge is 0.333 e. The maximum absolute atomic E-state index is 11.5. The molecular formula is C12H18O4. The minimum absolute atomic E-state index is 0.221. The Labute approximate surface area is 95.6 Å². The largest absolute Gasteiger partial charge is 0.466 e. The summed E-state index contributed by atoms with van der Waals surface area (Å²) in [6.45, 7) is 2.15. The molecule has 0 aromatic rings. The second kappa shape index (κ2) is 6.30. The number of rotatable bonds is 4. The van der Waals surface area contributed by atoms with E-state index in [1.165, 1.54) is 7.11 Å². The number of esters is 2. The monoisotopic (exact) mass is 226 g/mol. The molecule has 1 aliphatic carbocycles. The van der Waals surface area contributed by atoms with Gasteiger partial charge >= 0.3 is 11.9 Å². The quantitative estimate of drug-likeness (QED) is 0.688. The minimum atomic E-state index is -0.306. The van der Waals surface area contributed by atoms with Gasteiger partial charge in [-0.25, -0.2) is 4.79 Å². The van der Waals surface area contributed by atoms with Crippen LogP contribution in [0, 0.1) is 0 Å². The lowest BCUT2D eigenvalue weighted by atomic mass is 9.90. The zero-order valence-electron chi connectivity index (χ0n) is 9.88. The molecule has 16 heavy (non-hydrogen) atoms. The van der Waals surface area contributed by atoms with Gasteiger partial charge in [0.2, 0.25) is 0 Å². The van der Waals surface area contributed by atoms with Gasteiger partial charge in [0.15, 0.2) is 0 Å². The highest BCUT2D eigenvalue weighted by Gasteiger charge is 2.21. The summed E-state index contributed by atoms with van der Waals surface area (Å²) < 4.78 is 9.59. The van der Waals surface area contributed by atoms with Crippen LogP contribution in [0.3, 0.4) is 0 Å². The van der Waals surface area contributed by atoms with E-state index in [0.29, 0.717) is 18.6 Å². The molecule has 0 bridgehead atoms. The SMILES string of the molecule is CCOC(=O)CC1=C(C(=O)OC)CCCC1. The second-order valence-corrected chi connectivity index (χ2v) is 3.76. The first-order valence-electron chi connectivity index (χ1n) is 5.63. The van der Waals surface area contributed by atoms with Crippen LogP contribution >= 0.6 is 0 Å². The molecule has 1 aliphatic rings. The number of carbonyl (C=O) groups is 2. The van der Waals surface area contributed by atoms with E-state index >= 15 is 0 Å². The molecule has 4 nitrogen and oxygen atoms in total. The lowest BCUT2D eigenvalue weighted by molar-refractivity contribution is -0.142. The molecule has 0 aromatic carbocycles. The van der Waals surface area contributed by atoms with Crippen LogP contribution in [0.15, 0.2) is 11.1 Å². The van der Waals surface area contributed by atoms with Crippen molar-refractivity contribution in [3.05, 3.63) is 11.1 Å². The average Bonchev–Trinajstić information content (AvgIpc) is 2.29. The van der Waals surface area contributed by atoms with Crippen molar-refractivity contribution in [1.82, 2.24) is 0 Å². The highest BCUT2D eigenvalue weighted by atomic mass is 16.5. The van der Waals surface area contributed by atoms with Crippen LogP contribution < -0.4 is 0 Å². The first kappa shape index (κ1) is 12.7.